The van der Waals surface area contributed by atoms with Gasteiger partial charge in [-0.2, -0.15) is 5.10 Å². The molecule has 1 aromatic carbocycles. The normalized spacial score (nSPS) is 34.4. The zero-order valence-corrected chi connectivity index (χ0v) is 25.0. The fourth-order valence-corrected chi connectivity index (χ4v) is 9.75. The average molecular weight is 609 g/mol. The number of hydrogen-bond acceptors (Lipinski definition) is 6. The maximum Gasteiger partial charge on any atom is 0.375 e. The van der Waals surface area contributed by atoms with Crippen LogP contribution < -0.4 is 0 Å². The number of carbonyl (C=O) groups excluding carboxylic acids is 2. The van der Waals surface area contributed by atoms with Gasteiger partial charge in [-0.15, -0.1) is 12.6 Å². The van der Waals surface area contributed by atoms with E-state index in [2.05, 4.69) is 30.7 Å². The van der Waals surface area contributed by atoms with Gasteiger partial charge in [-0.25, -0.2) is 18.3 Å². The molecule has 0 spiro atoms. The summed E-state index contributed by atoms with van der Waals surface area (Å²) < 4.78 is 40.4. The molecule has 4 aliphatic rings. The van der Waals surface area contributed by atoms with Gasteiger partial charge in [-0.05, 0) is 104 Å². The molecule has 0 bridgehead atoms. The summed E-state index contributed by atoms with van der Waals surface area (Å²) in [6.07, 6.45) is 8.20. The Morgan fingerprint density at radius 3 is 2.79 bits per heavy atom. The largest absolute Gasteiger partial charge is 0.457 e. The van der Waals surface area contributed by atoms with E-state index in [1.165, 1.54) is 30.0 Å². The molecule has 43 heavy (non-hydrogen) atoms. The van der Waals surface area contributed by atoms with Crippen molar-refractivity contribution in [1.29, 1.82) is 0 Å². The molecule has 3 fully saturated rings. The van der Waals surface area contributed by atoms with Crippen molar-refractivity contribution in [2.45, 2.75) is 70.8 Å². The van der Waals surface area contributed by atoms with Crippen LogP contribution in [0.4, 0.5) is 8.78 Å². The van der Waals surface area contributed by atoms with Crippen molar-refractivity contribution in [3.63, 3.8) is 0 Å². The van der Waals surface area contributed by atoms with E-state index < -0.39 is 40.7 Å². The lowest BCUT2D eigenvalue weighted by Gasteiger charge is -2.60. The SMILES string of the molecule is C[C@]12Cc3cnn(-c4ccc(F)c(CF)c4)c3C=C1CC[C@@H]1[C@@H]2[C@@H](O)C[C@@]2(C)[C@H]1CC[C@]2(OC(=O)c1ccco1)C(=O)S. The Labute approximate surface area is 253 Å². The molecule has 0 radical (unpaired) electrons. The van der Waals surface area contributed by atoms with Gasteiger partial charge in [0.05, 0.1) is 29.9 Å². The van der Waals surface area contributed by atoms with Crippen molar-refractivity contribution in [3.8, 4) is 5.69 Å². The molecule has 7 nitrogen and oxygen atoms in total. The van der Waals surface area contributed by atoms with E-state index >= 15 is 0 Å². The van der Waals surface area contributed by atoms with Crippen LogP contribution in [0, 0.1) is 34.4 Å². The summed E-state index contributed by atoms with van der Waals surface area (Å²) in [7, 11) is 0. The van der Waals surface area contributed by atoms with Crippen LogP contribution in [0.5, 0.6) is 0 Å². The summed E-state index contributed by atoms with van der Waals surface area (Å²) in [5, 5.41) is 16.0. The molecule has 3 aromatic rings. The maximum absolute atomic E-state index is 14.0. The topological polar surface area (TPSA) is 94.6 Å². The number of aliphatic hydroxyl groups is 1. The van der Waals surface area contributed by atoms with Crippen LogP contribution in [0.25, 0.3) is 11.8 Å². The molecule has 7 atom stereocenters. The van der Waals surface area contributed by atoms with Crippen LogP contribution in [0.2, 0.25) is 0 Å². The Bertz CT molecular complexity index is 1650. The van der Waals surface area contributed by atoms with E-state index in [0.29, 0.717) is 31.4 Å². The number of rotatable bonds is 5. The summed E-state index contributed by atoms with van der Waals surface area (Å²) in [5.74, 6) is -1.19. The molecule has 1 N–H and O–H groups in total. The lowest BCUT2D eigenvalue weighted by molar-refractivity contribution is -0.174. The van der Waals surface area contributed by atoms with Gasteiger partial charge in [-0.1, -0.05) is 19.4 Å². The van der Waals surface area contributed by atoms with Crippen molar-refractivity contribution in [1.82, 2.24) is 9.78 Å². The number of aromatic nitrogens is 2. The number of halogens is 2. The Balaban J connectivity index is 1.22. The summed E-state index contributed by atoms with van der Waals surface area (Å²) >= 11 is 4.25. The number of esters is 1. The predicted molar refractivity (Wildman–Crippen MR) is 157 cm³/mol. The van der Waals surface area contributed by atoms with Crippen molar-refractivity contribution in [3.05, 3.63) is 76.8 Å². The number of alkyl halides is 1. The number of allylic oxidation sites excluding steroid dienone is 1. The highest BCUT2D eigenvalue weighted by Gasteiger charge is 2.70. The Morgan fingerprint density at radius 2 is 2.07 bits per heavy atom. The first-order valence-electron chi connectivity index (χ1n) is 14.8. The lowest BCUT2D eigenvalue weighted by Crippen LogP contribution is -2.62. The highest BCUT2D eigenvalue weighted by molar-refractivity contribution is 7.96. The molecule has 226 valence electrons. The monoisotopic (exact) mass is 608 g/mol. The number of thiol groups is 1. The highest BCUT2D eigenvalue weighted by Crippen LogP contribution is 2.68. The molecular weight excluding hydrogens is 574 g/mol. The minimum Gasteiger partial charge on any atom is -0.457 e. The van der Waals surface area contributed by atoms with Crippen molar-refractivity contribution in [2.75, 3.05) is 0 Å². The van der Waals surface area contributed by atoms with Crippen LogP contribution in [0.1, 0.15) is 73.3 Å². The first kappa shape index (κ1) is 28.5. The third-order valence-electron chi connectivity index (χ3n) is 11.3. The molecule has 7 rings (SSSR count). The third-order valence-corrected chi connectivity index (χ3v) is 11.7. The zero-order valence-electron chi connectivity index (χ0n) is 24.1. The number of benzene rings is 1. The van der Waals surface area contributed by atoms with Crippen LogP contribution in [0.15, 0.2) is 52.8 Å². The van der Waals surface area contributed by atoms with Gasteiger partial charge in [-0.3, -0.25) is 4.79 Å². The van der Waals surface area contributed by atoms with Crippen LogP contribution in [-0.2, 0) is 22.6 Å². The first-order valence-corrected chi connectivity index (χ1v) is 15.3. The number of ether oxygens (including phenoxy) is 1. The third kappa shape index (κ3) is 3.98. The van der Waals surface area contributed by atoms with Crippen molar-refractivity contribution < 1.29 is 32.6 Å². The average Bonchev–Trinajstić information content (AvgIpc) is 3.70. The smallest absolute Gasteiger partial charge is 0.375 e. The lowest BCUT2D eigenvalue weighted by atomic mass is 9.45. The van der Waals surface area contributed by atoms with Gasteiger partial charge < -0.3 is 14.3 Å². The van der Waals surface area contributed by atoms with Crippen LogP contribution >= 0.6 is 12.6 Å². The van der Waals surface area contributed by atoms with Crippen LogP contribution in [0.3, 0.4) is 0 Å². The van der Waals surface area contributed by atoms with E-state index in [0.717, 1.165) is 24.1 Å². The first-order chi connectivity index (χ1) is 20.5. The van der Waals surface area contributed by atoms with Gasteiger partial charge in [0.15, 0.2) is 5.60 Å². The van der Waals surface area contributed by atoms with Crippen LogP contribution in [-0.4, -0.2) is 37.7 Å². The Morgan fingerprint density at radius 1 is 1.26 bits per heavy atom. The maximum atomic E-state index is 14.0. The summed E-state index contributed by atoms with van der Waals surface area (Å²) in [6.45, 7) is 3.29. The number of hydrogen-bond donors (Lipinski definition) is 2. The molecule has 2 heterocycles. The Hall–Kier alpha value is -3.24. The second-order valence-corrected chi connectivity index (χ2v) is 13.6. The fraction of sp³-hybridized carbons (Fsp3) is 0.485. The predicted octanol–water partition coefficient (Wildman–Crippen LogP) is 6.28. The highest BCUT2D eigenvalue weighted by atomic mass is 32.1. The van der Waals surface area contributed by atoms with E-state index in [1.807, 2.05) is 13.1 Å². The minimum absolute atomic E-state index is 0.00823. The zero-order chi connectivity index (χ0) is 30.3. The molecule has 2 aromatic heterocycles. The van der Waals surface area contributed by atoms with Gasteiger partial charge in [0.2, 0.25) is 10.9 Å². The molecule has 0 aliphatic heterocycles. The second kappa shape index (κ2) is 9.89. The number of carbonyl (C=O) groups is 2. The van der Waals surface area contributed by atoms with E-state index in [-0.39, 0.29) is 34.5 Å². The van der Waals surface area contributed by atoms with Gasteiger partial charge in [0.1, 0.15) is 12.5 Å². The number of nitrogens with zero attached hydrogens (tertiary/aromatic N) is 2. The van der Waals surface area contributed by atoms with Gasteiger partial charge >= 0.3 is 5.97 Å². The molecule has 0 unspecified atom stereocenters. The van der Waals surface area contributed by atoms with E-state index in [4.69, 9.17) is 9.15 Å². The summed E-state index contributed by atoms with van der Waals surface area (Å²) in [4.78, 5) is 26.3. The molecule has 0 amide bonds. The summed E-state index contributed by atoms with van der Waals surface area (Å²) in [6, 6.07) is 7.46. The standard InChI is InChI=1S/C33H34F2N2O5S/c1-31-14-19-17-36-37(21-6-8-24(35)18(12-21)16-34)25(19)13-20(31)5-7-22-23-9-10-33(30(40)43,32(23,2)15-26(38)28(22)31)42-29(39)27-4-3-11-41-27/h3-4,6,8,11-13,17,22-23,26,28,38H,5,7,9-10,14-16H2,1-2H3,(H,40,43)/t22-,23-,26-,28+,31-,32-,33-/m0/s1. The second-order valence-electron chi connectivity index (χ2n) is 13.2. The molecule has 10 heteroatoms. The molecular formula is C33H34F2N2O5S. The fourth-order valence-electron chi connectivity index (χ4n) is 9.34. The van der Waals surface area contributed by atoms with Gasteiger partial charge in [0, 0.05) is 11.0 Å². The van der Waals surface area contributed by atoms with Gasteiger partial charge in [0.25, 0.3) is 0 Å². The number of furan rings is 1. The van der Waals surface area contributed by atoms with E-state index in [1.54, 1.807) is 16.8 Å². The molecule has 3 saturated carbocycles. The Kier molecular flexibility index (Phi) is 6.56. The van der Waals surface area contributed by atoms with E-state index in [9.17, 15) is 23.5 Å². The minimum atomic E-state index is -1.47. The summed E-state index contributed by atoms with van der Waals surface area (Å²) in [5.41, 5.74) is 1.10. The molecule has 4 aliphatic carbocycles. The molecule has 0 saturated heterocycles. The van der Waals surface area contributed by atoms with Crippen molar-refractivity contribution in [2.24, 2.45) is 28.6 Å². The quantitative estimate of drug-likeness (QED) is 0.262. The number of aliphatic hydroxyl groups excluding tert-OH is 1. The van der Waals surface area contributed by atoms with Crippen molar-refractivity contribution >= 4 is 29.8 Å². The number of fused-ring (bicyclic) bond motifs is 6.